The molecule has 0 N–H and O–H groups in total. The second-order valence-corrected chi connectivity index (χ2v) is 3.67. The van der Waals surface area contributed by atoms with E-state index in [2.05, 4.69) is 27.7 Å². The van der Waals surface area contributed by atoms with Crippen molar-refractivity contribution in [1.82, 2.24) is 0 Å². The standard InChI is InChI=1S/C10H10BrNO/c1-3-8-6-9(11)4-5-10(8)7(2)12-13/h3-7H,1H2,2H3. The number of hydrogen-bond acceptors (Lipinski definition) is 2. The summed E-state index contributed by atoms with van der Waals surface area (Å²) in [7, 11) is 0. The van der Waals surface area contributed by atoms with E-state index in [0.717, 1.165) is 15.6 Å². The van der Waals surface area contributed by atoms with Crippen molar-refractivity contribution in [3.05, 3.63) is 45.3 Å². The summed E-state index contributed by atoms with van der Waals surface area (Å²) in [6.07, 6.45) is 1.72. The molecule has 13 heavy (non-hydrogen) atoms. The first-order chi connectivity index (χ1) is 6.19. The van der Waals surface area contributed by atoms with E-state index < -0.39 is 0 Å². The van der Waals surface area contributed by atoms with Crippen LogP contribution in [0.25, 0.3) is 6.08 Å². The van der Waals surface area contributed by atoms with Gasteiger partial charge in [-0.3, -0.25) is 0 Å². The Morgan fingerprint density at radius 2 is 2.31 bits per heavy atom. The number of nitrogens with zero attached hydrogens (tertiary/aromatic N) is 1. The van der Waals surface area contributed by atoms with Gasteiger partial charge >= 0.3 is 0 Å². The van der Waals surface area contributed by atoms with Crippen molar-refractivity contribution in [3.63, 3.8) is 0 Å². The first kappa shape index (κ1) is 10.1. The maximum Gasteiger partial charge on any atom is 0.115 e. The minimum Gasteiger partial charge on any atom is -0.150 e. The Kier molecular flexibility index (Phi) is 3.37. The zero-order valence-corrected chi connectivity index (χ0v) is 8.91. The summed E-state index contributed by atoms with van der Waals surface area (Å²) in [5, 5.41) is 2.98. The first-order valence-corrected chi connectivity index (χ1v) is 4.72. The largest absolute Gasteiger partial charge is 0.150 e. The Hall–Kier alpha value is -0.960. The highest BCUT2D eigenvalue weighted by Crippen LogP contribution is 2.24. The van der Waals surface area contributed by atoms with Gasteiger partial charge in [0.25, 0.3) is 0 Å². The van der Waals surface area contributed by atoms with E-state index >= 15 is 0 Å². The second kappa shape index (κ2) is 4.33. The van der Waals surface area contributed by atoms with E-state index in [-0.39, 0.29) is 6.04 Å². The number of halogens is 1. The molecule has 1 aromatic carbocycles. The predicted octanol–water partition coefficient (Wildman–Crippen LogP) is 3.92. The Balaban J connectivity index is 3.20. The van der Waals surface area contributed by atoms with Gasteiger partial charge < -0.3 is 0 Å². The van der Waals surface area contributed by atoms with Gasteiger partial charge in [0.05, 0.1) is 0 Å². The maximum atomic E-state index is 10.4. The molecule has 1 atom stereocenters. The Morgan fingerprint density at radius 3 is 2.85 bits per heavy atom. The van der Waals surface area contributed by atoms with Crippen LogP contribution in [0.4, 0.5) is 0 Å². The number of nitroso groups, excluding NO2 is 1. The molecule has 0 aliphatic heterocycles. The van der Waals surface area contributed by atoms with Gasteiger partial charge in [-0.05, 0) is 30.2 Å². The molecule has 0 saturated heterocycles. The molecule has 1 aromatic rings. The molecule has 0 radical (unpaired) electrons. The van der Waals surface area contributed by atoms with Gasteiger partial charge in [-0.1, -0.05) is 39.8 Å². The van der Waals surface area contributed by atoms with Crippen molar-refractivity contribution in [3.8, 4) is 0 Å². The molecule has 0 aromatic heterocycles. The van der Waals surface area contributed by atoms with Crippen LogP contribution in [-0.4, -0.2) is 0 Å². The van der Waals surface area contributed by atoms with Crippen LogP contribution in [0.2, 0.25) is 0 Å². The Bertz CT molecular complexity index is 336. The van der Waals surface area contributed by atoms with Crippen molar-refractivity contribution in [2.24, 2.45) is 5.18 Å². The molecule has 0 fully saturated rings. The highest BCUT2D eigenvalue weighted by Gasteiger charge is 2.08. The lowest BCUT2D eigenvalue weighted by Crippen LogP contribution is -1.92. The minimum atomic E-state index is -0.318. The third-order valence-corrected chi connectivity index (χ3v) is 2.37. The van der Waals surface area contributed by atoms with Gasteiger partial charge in [0.1, 0.15) is 6.04 Å². The molecule has 0 spiro atoms. The molecule has 0 heterocycles. The third kappa shape index (κ3) is 2.25. The fourth-order valence-corrected chi connectivity index (χ4v) is 1.54. The molecule has 0 aliphatic rings. The van der Waals surface area contributed by atoms with Crippen molar-refractivity contribution >= 4 is 22.0 Å². The average Bonchev–Trinajstić information content (AvgIpc) is 2.16. The summed E-state index contributed by atoms with van der Waals surface area (Å²) < 4.78 is 0.976. The highest BCUT2D eigenvalue weighted by atomic mass is 79.9. The Morgan fingerprint density at radius 1 is 1.62 bits per heavy atom. The van der Waals surface area contributed by atoms with Crippen LogP contribution in [0.15, 0.2) is 34.4 Å². The normalized spacial score (nSPS) is 12.2. The summed E-state index contributed by atoms with van der Waals surface area (Å²) in [6.45, 7) is 5.45. The zero-order valence-electron chi connectivity index (χ0n) is 7.33. The first-order valence-electron chi connectivity index (χ1n) is 3.93. The van der Waals surface area contributed by atoms with Crippen molar-refractivity contribution < 1.29 is 0 Å². The minimum absolute atomic E-state index is 0.318. The van der Waals surface area contributed by atoms with E-state index in [4.69, 9.17) is 0 Å². The molecular weight excluding hydrogens is 230 g/mol. The van der Waals surface area contributed by atoms with Crippen LogP contribution in [0.1, 0.15) is 24.1 Å². The number of hydrogen-bond donors (Lipinski definition) is 0. The zero-order chi connectivity index (χ0) is 9.84. The Labute approximate surface area is 85.8 Å². The van der Waals surface area contributed by atoms with Crippen LogP contribution < -0.4 is 0 Å². The fourth-order valence-electron chi connectivity index (χ4n) is 1.16. The topological polar surface area (TPSA) is 29.4 Å². The molecule has 0 saturated carbocycles. The average molecular weight is 240 g/mol. The molecule has 0 bridgehead atoms. The van der Waals surface area contributed by atoms with E-state index in [1.54, 1.807) is 13.0 Å². The quantitative estimate of drug-likeness (QED) is 0.736. The highest BCUT2D eigenvalue weighted by molar-refractivity contribution is 9.10. The van der Waals surface area contributed by atoms with Crippen LogP contribution in [0.3, 0.4) is 0 Å². The predicted molar refractivity (Wildman–Crippen MR) is 58.4 cm³/mol. The molecule has 2 nitrogen and oxygen atoms in total. The summed E-state index contributed by atoms with van der Waals surface area (Å²) in [4.78, 5) is 10.4. The molecule has 0 aliphatic carbocycles. The summed E-state index contributed by atoms with van der Waals surface area (Å²) in [5.74, 6) is 0. The van der Waals surface area contributed by atoms with Gasteiger partial charge in [-0.25, -0.2) is 0 Å². The lowest BCUT2D eigenvalue weighted by atomic mass is 10.0. The maximum absolute atomic E-state index is 10.4. The van der Waals surface area contributed by atoms with Crippen molar-refractivity contribution in [1.29, 1.82) is 0 Å². The van der Waals surface area contributed by atoms with Crippen LogP contribution in [0.5, 0.6) is 0 Å². The number of benzene rings is 1. The molecule has 68 valence electrons. The number of rotatable bonds is 3. The van der Waals surface area contributed by atoms with Crippen LogP contribution >= 0.6 is 15.9 Å². The van der Waals surface area contributed by atoms with Crippen molar-refractivity contribution in [2.75, 3.05) is 0 Å². The molecule has 3 heteroatoms. The molecule has 1 rings (SSSR count). The SMILES string of the molecule is C=Cc1cc(Br)ccc1C(C)N=O. The fraction of sp³-hybridized carbons (Fsp3) is 0.200. The van der Waals surface area contributed by atoms with E-state index in [1.165, 1.54) is 0 Å². The van der Waals surface area contributed by atoms with Gasteiger partial charge in [-0.15, -0.1) is 0 Å². The van der Waals surface area contributed by atoms with E-state index in [1.807, 2.05) is 18.2 Å². The molecular formula is C10H10BrNO. The summed E-state index contributed by atoms with van der Waals surface area (Å²) in [5.41, 5.74) is 1.86. The second-order valence-electron chi connectivity index (χ2n) is 2.76. The van der Waals surface area contributed by atoms with Gasteiger partial charge in [0.15, 0.2) is 0 Å². The van der Waals surface area contributed by atoms with Crippen LogP contribution in [0, 0.1) is 4.91 Å². The van der Waals surface area contributed by atoms with Crippen molar-refractivity contribution in [2.45, 2.75) is 13.0 Å². The molecule has 1 unspecified atom stereocenters. The summed E-state index contributed by atoms with van der Waals surface area (Å²) in [6, 6.07) is 5.38. The van der Waals surface area contributed by atoms with Gasteiger partial charge in [0, 0.05) is 4.47 Å². The lowest BCUT2D eigenvalue weighted by molar-refractivity contribution is 0.809. The lowest BCUT2D eigenvalue weighted by Gasteiger charge is -2.07. The monoisotopic (exact) mass is 239 g/mol. The molecule has 0 amide bonds. The van der Waals surface area contributed by atoms with Gasteiger partial charge in [-0.2, -0.15) is 4.91 Å². The smallest absolute Gasteiger partial charge is 0.115 e. The summed E-state index contributed by atoms with van der Waals surface area (Å²) >= 11 is 3.35. The third-order valence-electron chi connectivity index (χ3n) is 1.88. The van der Waals surface area contributed by atoms with E-state index in [9.17, 15) is 4.91 Å². The van der Waals surface area contributed by atoms with Crippen LogP contribution in [-0.2, 0) is 0 Å². The van der Waals surface area contributed by atoms with Gasteiger partial charge in [0.2, 0.25) is 0 Å². The van der Waals surface area contributed by atoms with E-state index in [0.29, 0.717) is 0 Å².